The molecule has 1 aromatic rings. The molecule has 4 atom stereocenters. The van der Waals surface area contributed by atoms with E-state index in [9.17, 15) is 18.0 Å². The highest BCUT2D eigenvalue weighted by Crippen LogP contribution is 2.35. The van der Waals surface area contributed by atoms with Gasteiger partial charge in [-0.3, -0.25) is 4.79 Å². The van der Waals surface area contributed by atoms with E-state index in [2.05, 4.69) is 5.32 Å². The predicted octanol–water partition coefficient (Wildman–Crippen LogP) is 2.57. The topological polar surface area (TPSA) is 137 Å². The Bertz CT molecular complexity index is 993. The molecule has 33 heavy (non-hydrogen) atoms. The van der Waals surface area contributed by atoms with Crippen molar-refractivity contribution >= 4 is 21.8 Å². The number of morpholine rings is 1. The summed E-state index contributed by atoms with van der Waals surface area (Å²) in [5, 5.41) is 18.2. The number of ether oxygens (including phenoxy) is 1. The van der Waals surface area contributed by atoms with Crippen LogP contribution in [0.5, 0.6) is 0 Å². The summed E-state index contributed by atoms with van der Waals surface area (Å²) < 4.78 is 31.1. The smallest absolute Gasteiger partial charge is 0.405 e. The first-order valence-electron chi connectivity index (χ1n) is 11.2. The molecule has 1 saturated heterocycles. The van der Waals surface area contributed by atoms with Gasteiger partial charge in [0.2, 0.25) is 5.91 Å². The Morgan fingerprint density at radius 3 is 2.24 bits per heavy atom. The zero-order valence-electron chi connectivity index (χ0n) is 18.9. The first kappa shape index (κ1) is 25.0. The Morgan fingerprint density at radius 1 is 1.15 bits per heavy atom. The summed E-state index contributed by atoms with van der Waals surface area (Å²) in [7, 11) is -3.35. The summed E-state index contributed by atoms with van der Waals surface area (Å²) in [4.78, 5) is 24.9. The molecule has 0 spiro atoms. The molecule has 0 radical (unpaired) electrons. The van der Waals surface area contributed by atoms with Gasteiger partial charge in [-0.2, -0.15) is 5.26 Å². The molecular weight excluding hydrogens is 446 g/mol. The van der Waals surface area contributed by atoms with Crippen LogP contribution in [0.15, 0.2) is 35.2 Å². The highest BCUT2D eigenvalue weighted by Gasteiger charge is 2.44. The van der Waals surface area contributed by atoms with E-state index >= 15 is 0 Å². The van der Waals surface area contributed by atoms with E-state index in [4.69, 9.17) is 15.1 Å². The Morgan fingerprint density at radius 2 is 1.76 bits per heavy atom. The molecule has 3 fully saturated rings. The summed E-state index contributed by atoms with van der Waals surface area (Å²) in [5.74, 6) is -0.103. The van der Waals surface area contributed by atoms with Crippen LogP contribution in [0.3, 0.4) is 0 Å². The first-order valence-corrected chi connectivity index (χ1v) is 12.8. The minimum Gasteiger partial charge on any atom is -0.465 e. The van der Waals surface area contributed by atoms with Gasteiger partial charge >= 0.3 is 6.09 Å². The molecule has 2 amide bonds. The van der Waals surface area contributed by atoms with Crippen molar-refractivity contribution < 1.29 is 27.9 Å². The minimum atomic E-state index is -3.35. The Kier molecular flexibility index (Phi) is 7.65. The molecule has 3 aliphatic rings. The van der Waals surface area contributed by atoms with Crippen LogP contribution in [0, 0.1) is 17.2 Å². The van der Waals surface area contributed by atoms with Crippen molar-refractivity contribution in [2.45, 2.75) is 73.8 Å². The fraction of sp³-hybridized carbons (Fsp3) is 0.609. The number of carbonyl (C=O) groups is 2. The molecule has 0 unspecified atom stereocenters. The standard InChI is InChI=1S/C18H25NO4S.C5H6N2O2/c1-13-11-19(12-14(2)23-13)18(20)15-8-9-17(10-15)24(21,22)16-6-4-3-5-7-16;6-3-5(1-2-5)7-4(8)9/h3-7,13-15,17H,8-12H2,1-2H3;7H,1-2H2,(H,8,9)/t13-,14+,15-,17-;/m1./s1. The maximum absolute atomic E-state index is 12.8. The van der Waals surface area contributed by atoms with Gasteiger partial charge in [0.25, 0.3) is 0 Å². The van der Waals surface area contributed by atoms with Crippen molar-refractivity contribution in [1.82, 2.24) is 10.2 Å². The highest BCUT2D eigenvalue weighted by atomic mass is 32.2. The van der Waals surface area contributed by atoms with Gasteiger partial charge in [-0.1, -0.05) is 18.2 Å². The zero-order valence-corrected chi connectivity index (χ0v) is 19.8. The average molecular weight is 478 g/mol. The molecule has 2 N–H and O–H groups in total. The van der Waals surface area contributed by atoms with Gasteiger partial charge in [-0.05, 0) is 58.1 Å². The number of amides is 2. The lowest BCUT2D eigenvalue weighted by Crippen LogP contribution is -2.49. The van der Waals surface area contributed by atoms with Gasteiger partial charge in [0, 0.05) is 19.0 Å². The van der Waals surface area contributed by atoms with Gasteiger partial charge < -0.3 is 20.1 Å². The Balaban J connectivity index is 0.000000286. The molecule has 9 nitrogen and oxygen atoms in total. The minimum absolute atomic E-state index is 0.0305. The van der Waals surface area contributed by atoms with Crippen molar-refractivity contribution in [3.63, 3.8) is 0 Å². The summed E-state index contributed by atoms with van der Waals surface area (Å²) in [6.07, 6.45) is 1.88. The average Bonchev–Trinajstić information content (AvgIpc) is 3.34. The van der Waals surface area contributed by atoms with Crippen LogP contribution in [0.4, 0.5) is 4.79 Å². The lowest BCUT2D eigenvalue weighted by molar-refractivity contribution is -0.147. The van der Waals surface area contributed by atoms with E-state index in [0.29, 0.717) is 50.1 Å². The number of nitrogens with zero attached hydrogens (tertiary/aromatic N) is 2. The van der Waals surface area contributed by atoms with Crippen LogP contribution in [-0.2, 0) is 19.4 Å². The fourth-order valence-corrected chi connectivity index (χ4v) is 6.31. The number of nitrogens with one attached hydrogen (secondary N) is 1. The monoisotopic (exact) mass is 477 g/mol. The van der Waals surface area contributed by atoms with E-state index in [1.165, 1.54) is 0 Å². The van der Waals surface area contributed by atoms with E-state index in [1.54, 1.807) is 30.3 Å². The van der Waals surface area contributed by atoms with Crippen LogP contribution < -0.4 is 5.32 Å². The molecule has 4 rings (SSSR count). The van der Waals surface area contributed by atoms with Gasteiger partial charge in [-0.25, -0.2) is 13.2 Å². The van der Waals surface area contributed by atoms with Gasteiger partial charge in [0.05, 0.1) is 28.4 Å². The van der Waals surface area contributed by atoms with Crippen molar-refractivity contribution in [1.29, 1.82) is 5.26 Å². The molecule has 0 aromatic heterocycles. The second kappa shape index (κ2) is 10.1. The second-order valence-electron chi connectivity index (χ2n) is 9.11. The molecule has 1 aliphatic heterocycles. The van der Waals surface area contributed by atoms with E-state index in [-0.39, 0.29) is 24.0 Å². The molecular formula is C23H31N3O6S. The van der Waals surface area contributed by atoms with Crippen LogP contribution >= 0.6 is 0 Å². The van der Waals surface area contributed by atoms with Crippen molar-refractivity contribution in [2.24, 2.45) is 5.92 Å². The molecule has 180 valence electrons. The van der Waals surface area contributed by atoms with Crippen LogP contribution in [-0.4, -0.2) is 66.5 Å². The molecule has 1 heterocycles. The van der Waals surface area contributed by atoms with Crippen molar-refractivity contribution in [3.8, 4) is 6.07 Å². The van der Waals surface area contributed by atoms with Gasteiger partial charge in [0.15, 0.2) is 9.84 Å². The third-order valence-electron chi connectivity index (χ3n) is 6.29. The number of carboxylic acid groups (broad SMARTS) is 1. The molecule has 10 heteroatoms. The number of nitriles is 1. The summed E-state index contributed by atoms with van der Waals surface area (Å²) in [6, 6.07) is 10.4. The van der Waals surface area contributed by atoms with Crippen molar-refractivity contribution in [2.75, 3.05) is 13.1 Å². The lowest BCUT2D eigenvalue weighted by Gasteiger charge is -2.36. The number of rotatable bonds is 4. The van der Waals surface area contributed by atoms with Gasteiger partial charge in [-0.15, -0.1) is 0 Å². The SMILES string of the molecule is C[C@@H]1CN(C(=O)[C@@H]2CC[C@@H](S(=O)(=O)c3ccccc3)C2)C[C@H](C)O1.N#CC1(NC(=O)O)CC1. The van der Waals surface area contributed by atoms with E-state index < -0.39 is 26.7 Å². The third kappa shape index (κ3) is 6.24. The Labute approximate surface area is 194 Å². The van der Waals surface area contributed by atoms with Crippen molar-refractivity contribution in [3.05, 3.63) is 30.3 Å². The molecule has 2 saturated carbocycles. The number of carbonyl (C=O) groups excluding carboxylic acids is 1. The largest absolute Gasteiger partial charge is 0.465 e. The zero-order chi connectivity index (χ0) is 24.2. The van der Waals surface area contributed by atoms with E-state index in [0.717, 1.165) is 0 Å². The molecule has 1 aromatic carbocycles. The second-order valence-corrected chi connectivity index (χ2v) is 11.3. The first-order chi connectivity index (χ1) is 15.6. The third-order valence-corrected chi connectivity index (χ3v) is 8.52. The maximum atomic E-state index is 12.8. The predicted molar refractivity (Wildman–Crippen MR) is 120 cm³/mol. The quantitative estimate of drug-likeness (QED) is 0.680. The summed E-state index contributed by atoms with van der Waals surface area (Å²) in [5.41, 5.74) is -0.730. The summed E-state index contributed by atoms with van der Waals surface area (Å²) in [6.45, 7) is 5.12. The van der Waals surface area contributed by atoms with Crippen LogP contribution in [0.25, 0.3) is 0 Å². The van der Waals surface area contributed by atoms with Gasteiger partial charge in [0.1, 0.15) is 5.54 Å². The normalized spacial score (nSPS) is 28.1. The number of hydrogen-bond acceptors (Lipinski definition) is 6. The lowest BCUT2D eigenvalue weighted by atomic mass is 10.1. The highest BCUT2D eigenvalue weighted by molar-refractivity contribution is 7.92. The number of hydrogen-bond donors (Lipinski definition) is 2. The summed E-state index contributed by atoms with van der Waals surface area (Å²) >= 11 is 0. The van der Waals surface area contributed by atoms with Crippen LogP contribution in [0.2, 0.25) is 0 Å². The maximum Gasteiger partial charge on any atom is 0.405 e. The van der Waals surface area contributed by atoms with Crippen LogP contribution in [0.1, 0.15) is 46.0 Å². The Hall–Kier alpha value is -2.64. The van der Waals surface area contributed by atoms with E-state index in [1.807, 2.05) is 24.8 Å². The number of sulfone groups is 1. The molecule has 0 bridgehead atoms. The number of benzene rings is 1. The fourth-order valence-electron chi connectivity index (χ4n) is 4.46. The molecule has 2 aliphatic carbocycles.